The van der Waals surface area contributed by atoms with Crippen molar-refractivity contribution < 1.29 is 17.9 Å². The molecule has 2 aromatic rings. The third-order valence-corrected chi connectivity index (χ3v) is 2.45. The van der Waals surface area contributed by atoms with Gasteiger partial charge >= 0.3 is 6.36 Å². The molecule has 0 saturated carbocycles. The van der Waals surface area contributed by atoms with Gasteiger partial charge < -0.3 is 4.74 Å². The molecule has 0 N–H and O–H groups in total. The van der Waals surface area contributed by atoms with Crippen molar-refractivity contribution >= 4 is 22.6 Å². The Morgan fingerprint density at radius 1 is 1.24 bits per heavy atom. The maximum atomic E-state index is 12.2. The van der Waals surface area contributed by atoms with E-state index in [1.807, 2.05) is 22.6 Å². The Labute approximate surface area is 108 Å². The number of nitrogens with zero attached hydrogens (tertiary/aromatic N) is 2. The molecule has 0 radical (unpaired) electrons. The number of hydrogen-bond acceptors (Lipinski definition) is 2. The molecule has 0 amide bonds. The third-order valence-electron chi connectivity index (χ3n) is 1.89. The summed E-state index contributed by atoms with van der Waals surface area (Å²) < 4.78 is 42.7. The van der Waals surface area contributed by atoms with E-state index in [1.54, 1.807) is 18.5 Å². The highest BCUT2D eigenvalue weighted by molar-refractivity contribution is 14.1. The van der Waals surface area contributed by atoms with E-state index >= 15 is 0 Å². The molecule has 90 valence electrons. The fourth-order valence-electron chi connectivity index (χ4n) is 1.29. The Morgan fingerprint density at radius 3 is 2.53 bits per heavy atom. The third kappa shape index (κ3) is 3.11. The van der Waals surface area contributed by atoms with Crippen LogP contribution in [0.5, 0.6) is 5.75 Å². The molecule has 0 unspecified atom stereocenters. The summed E-state index contributed by atoms with van der Waals surface area (Å²) in [5.41, 5.74) is 0.243. The first-order chi connectivity index (χ1) is 7.96. The van der Waals surface area contributed by atoms with Gasteiger partial charge in [0, 0.05) is 6.20 Å². The summed E-state index contributed by atoms with van der Waals surface area (Å²) in [6, 6.07) is 5.84. The van der Waals surface area contributed by atoms with Crippen molar-refractivity contribution in [1.29, 1.82) is 0 Å². The number of ether oxygens (including phenoxy) is 1. The smallest absolute Gasteiger partial charge is 0.403 e. The van der Waals surface area contributed by atoms with Gasteiger partial charge in [0.15, 0.2) is 5.75 Å². The van der Waals surface area contributed by atoms with Crippen LogP contribution in [0.4, 0.5) is 13.2 Å². The van der Waals surface area contributed by atoms with Gasteiger partial charge in [0.2, 0.25) is 0 Å². The summed E-state index contributed by atoms with van der Waals surface area (Å²) >= 11 is 2.02. The molecular formula is C10H6F3IN2O. The van der Waals surface area contributed by atoms with Crippen LogP contribution in [0.15, 0.2) is 36.7 Å². The van der Waals surface area contributed by atoms with Crippen LogP contribution in [0.1, 0.15) is 0 Å². The van der Waals surface area contributed by atoms with Crippen molar-refractivity contribution in [2.75, 3.05) is 0 Å². The molecular weight excluding hydrogens is 348 g/mol. The Balaban J connectivity index is 2.41. The van der Waals surface area contributed by atoms with Crippen LogP contribution in [-0.4, -0.2) is 16.1 Å². The standard InChI is InChI=1S/C10H6F3IN2O/c11-10(12,13)17-9-4-2-1-3-8(9)16-6-7(14)5-15-16/h1-6H. The average Bonchev–Trinajstić information content (AvgIpc) is 2.63. The quantitative estimate of drug-likeness (QED) is 0.774. The lowest BCUT2D eigenvalue weighted by atomic mass is 10.3. The van der Waals surface area contributed by atoms with E-state index in [0.717, 1.165) is 3.57 Å². The fraction of sp³-hybridized carbons (Fsp3) is 0.100. The second kappa shape index (κ2) is 4.55. The summed E-state index contributed by atoms with van der Waals surface area (Å²) in [6.45, 7) is 0. The van der Waals surface area contributed by atoms with E-state index in [2.05, 4.69) is 9.84 Å². The van der Waals surface area contributed by atoms with Crippen LogP contribution in [0.2, 0.25) is 0 Å². The van der Waals surface area contributed by atoms with E-state index in [0.29, 0.717) is 0 Å². The van der Waals surface area contributed by atoms with E-state index in [9.17, 15) is 13.2 Å². The van der Waals surface area contributed by atoms with Crippen LogP contribution in [0.3, 0.4) is 0 Å². The molecule has 7 heteroatoms. The first kappa shape index (κ1) is 12.2. The lowest BCUT2D eigenvalue weighted by Crippen LogP contribution is -2.18. The first-order valence-electron chi connectivity index (χ1n) is 4.51. The van der Waals surface area contributed by atoms with Crippen LogP contribution < -0.4 is 4.74 Å². The van der Waals surface area contributed by atoms with Crippen LogP contribution >= 0.6 is 22.6 Å². The molecule has 1 aromatic carbocycles. The number of aromatic nitrogens is 2. The number of para-hydroxylation sites is 2. The summed E-state index contributed by atoms with van der Waals surface area (Å²) in [6.07, 6.45) is -1.56. The highest BCUT2D eigenvalue weighted by Crippen LogP contribution is 2.28. The fourth-order valence-corrected chi connectivity index (χ4v) is 1.68. The van der Waals surface area contributed by atoms with Crippen molar-refractivity contribution in [3.63, 3.8) is 0 Å². The van der Waals surface area contributed by atoms with Gasteiger partial charge in [0.1, 0.15) is 5.69 Å². The van der Waals surface area contributed by atoms with Gasteiger partial charge in [-0.1, -0.05) is 12.1 Å². The average molecular weight is 354 g/mol. The molecule has 1 heterocycles. The number of halogens is 4. The predicted octanol–water partition coefficient (Wildman–Crippen LogP) is 3.38. The van der Waals surface area contributed by atoms with Crippen LogP contribution in [-0.2, 0) is 0 Å². The van der Waals surface area contributed by atoms with Gasteiger partial charge in [-0.2, -0.15) is 5.10 Å². The Kier molecular flexibility index (Phi) is 3.27. The zero-order valence-electron chi connectivity index (χ0n) is 8.28. The second-order valence-corrected chi connectivity index (χ2v) is 4.36. The van der Waals surface area contributed by atoms with Crippen LogP contribution in [0, 0.1) is 3.57 Å². The lowest BCUT2D eigenvalue weighted by Gasteiger charge is -2.12. The summed E-state index contributed by atoms with van der Waals surface area (Å²) in [5, 5.41) is 3.94. The summed E-state index contributed by atoms with van der Waals surface area (Å²) in [7, 11) is 0. The molecule has 0 aliphatic carbocycles. The van der Waals surface area contributed by atoms with E-state index in [1.165, 1.54) is 22.9 Å². The summed E-state index contributed by atoms with van der Waals surface area (Å²) in [4.78, 5) is 0. The van der Waals surface area contributed by atoms with E-state index in [4.69, 9.17) is 0 Å². The van der Waals surface area contributed by atoms with Crippen molar-refractivity contribution in [2.45, 2.75) is 6.36 Å². The molecule has 0 fully saturated rings. The Bertz CT molecular complexity index is 524. The van der Waals surface area contributed by atoms with Gasteiger partial charge in [0.25, 0.3) is 0 Å². The van der Waals surface area contributed by atoms with Crippen LogP contribution in [0.25, 0.3) is 5.69 Å². The van der Waals surface area contributed by atoms with Gasteiger partial charge in [-0.3, -0.25) is 0 Å². The van der Waals surface area contributed by atoms with Gasteiger partial charge in [0.05, 0.1) is 9.77 Å². The zero-order valence-corrected chi connectivity index (χ0v) is 10.4. The monoisotopic (exact) mass is 354 g/mol. The molecule has 1 aromatic heterocycles. The topological polar surface area (TPSA) is 27.1 Å². The molecule has 17 heavy (non-hydrogen) atoms. The largest absolute Gasteiger partial charge is 0.573 e. The predicted molar refractivity (Wildman–Crippen MR) is 63.0 cm³/mol. The van der Waals surface area contributed by atoms with Crippen molar-refractivity contribution in [3.8, 4) is 11.4 Å². The van der Waals surface area contributed by atoms with Crippen molar-refractivity contribution in [3.05, 3.63) is 40.2 Å². The molecule has 0 aliphatic rings. The SMILES string of the molecule is FC(F)(F)Oc1ccccc1-n1cc(I)cn1. The maximum Gasteiger partial charge on any atom is 0.573 e. The molecule has 0 spiro atoms. The lowest BCUT2D eigenvalue weighted by molar-refractivity contribution is -0.274. The van der Waals surface area contributed by atoms with Gasteiger partial charge in [-0.05, 0) is 34.7 Å². The van der Waals surface area contributed by atoms with Gasteiger partial charge in [-0.25, -0.2) is 4.68 Å². The molecule has 2 rings (SSSR count). The minimum Gasteiger partial charge on any atom is -0.403 e. The maximum absolute atomic E-state index is 12.2. The molecule has 0 atom stereocenters. The first-order valence-corrected chi connectivity index (χ1v) is 5.59. The molecule has 0 saturated heterocycles. The molecule has 3 nitrogen and oxygen atoms in total. The van der Waals surface area contributed by atoms with E-state index in [-0.39, 0.29) is 11.4 Å². The number of hydrogen-bond donors (Lipinski definition) is 0. The second-order valence-electron chi connectivity index (χ2n) is 3.12. The Hall–Kier alpha value is -1.25. The van der Waals surface area contributed by atoms with Crippen molar-refractivity contribution in [2.24, 2.45) is 0 Å². The Morgan fingerprint density at radius 2 is 1.94 bits per heavy atom. The number of rotatable bonds is 2. The summed E-state index contributed by atoms with van der Waals surface area (Å²) in [5.74, 6) is -0.278. The van der Waals surface area contributed by atoms with Crippen molar-refractivity contribution in [1.82, 2.24) is 9.78 Å². The highest BCUT2D eigenvalue weighted by Gasteiger charge is 2.32. The molecule has 0 bridgehead atoms. The number of benzene rings is 1. The minimum atomic E-state index is -4.71. The highest BCUT2D eigenvalue weighted by atomic mass is 127. The molecule has 0 aliphatic heterocycles. The van der Waals surface area contributed by atoms with Gasteiger partial charge in [-0.15, -0.1) is 13.2 Å². The van der Waals surface area contributed by atoms with E-state index < -0.39 is 6.36 Å². The number of alkyl halides is 3. The normalized spacial score (nSPS) is 11.5. The zero-order chi connectivity index (χ0) is 12.5. The minimum absolute atomic E-state index is 0.243.